The summed E-state index contributed by atoms with van der Waals surface area (Å²) in [4.78, 5) is 12.2. The molecule has 0 aliphatic carbocycles. The summed E-state index contributed by atoms with van der Waals surface area (Å²) < 4.78 is 5.36. The molecule has 0 saturated heterocycles. The van der Waals surface area contributed by atoms with Crippen LogP contribution in [0.1, 0.15) is 46.1 Å². The number of alkyl carbamates (subject to hydrolysis) is 1. The first-order valence-electron chi connectivity index (χ1n) is 9.86. The molecule has 158 valence electrons. The fourth-order valence-corrected chi connectivity index (χ4v) is 2.88. The van der Waals surface area contributed by atoms with E-state index in [-0.39, 0.29) is 6.04 Å². The van der Waals surface area contributed by atoms with Gasteiger partial charge in [0.2, 0.25) is 0 Å². The number of carbonyl (C=O) groups is 1. The van der Waals surface area contributed by atoms with E-state index < -0.39 is 23.8 Å². The standard InChI is InChI=1S/C24H34N2O3/c1-6-7-9-12-18(2)15-20(26-23(28)29-24(3,4)5)17-22(27)21(25)16-19-13-10-8-11-14-19/h1,7-14,20-22,27H,15-17,25H2,2-5H3,(H,26,28)/b9-7-,18-12+/t20-,21-,22-/m0/s1. The number of aliphatic hydroxyl groups excluding tert-OH is 1. The lowest BCUT2D eigenvalue weighted by atomic mass is 9.94. The second-order valence-corrected chi connectivity index (χ2v) is 8.24. The van der Waals surface area contributed by atoms with Crippen LogP contribution in [0.25, 0.3) is 0 Å². The van der Waals surface area contributed by atoms with E-state index in [1.54, 1.807) is 12.2 Å². The summed E-state index contributed by atoms with van der Waals surface area (Å²) in [7, 11) is 0. The molecule has 0 spiro atoms. The summed E-state index contributed by atoms with van der Waals surface area (Å²) in [6.45, 7) is 7.37. The number of amides is 1. The Kier molecular flexibility index (Phi) is 10.2. The maximum Gasteiger partial charge on any atom is 0.407 e. The maximum atomic E-state index is 12.2. The number of nitrogens with two attached hydrogens (primary N) is 1. The van der Waals surface area contributed by atoms with E-state index in [0.29, 0.717) is 19.3 Å². The van der Waals surface area contributed by atoms with Crippen molar-refractivity contribution in [1.82, 2.24) is 5.32 Å². The molecule has 0 fully saturated rings. The monoisotopic (exact) mass is 398 g/mol. The Morgan fingerprint density at radius 1 is 1.34 bits per heavy atom. The van der Waals surface area contributed by atoms with Gasteiger partial charge in [0.1, 0.15) is 5.60 Å². The Hall–Kier alpha value is -2.55. The highest BCUT2D eigenvalue weighted by Gasteiger charge is 2.24. The van der Waals surface area contributed by atoms with Gasteiger partial charge in [0.25, 0.3) is 0 Å². The molecule has 0 saturated carbocycles. The molecule has 1 rings (SSSR count). The van der Waals surface area contributed by atoms with E-state index in [1.807, 2.05) is 64.1 Å². The van der Waals surface area contributed by atoms with E-state index in [4.69, 9.17) is 16.9 Å². The van der Waals surface area contributed by atoms with Gasteiger partial charge in [-0.1, -0.05) is 54.0 Å². The van der Waals surface area contributed by atoms with Gasteiger partial charge in [0, 0.05) is 12.1 Å². The predicted molar refractivity (Wildman–Crippen MR) is 118 cm³/mol. The second-order valence-electron chi connectivity index (χ2n) is 8.24. The number of allylic oxidation sites excluding steroid dienone is 3. The molecular weight excluding hydrogens is 364 g/mol. The van der Waals surface area contributed by atoms with Crippen molar-refractivity contribution >= 4 is 6.09 Å². The first-order valence-corrected chi connectivity index (χ1v) is 9.86. The van der Waals surface area contributed by atoms with Gasteiger partial charge in [0.15, 0.2) is 0 Å². The average molecular weight is 399 g/mol. The lowest BCUT2D eigenvalue weighted by molar-refractivity contribution is 0.0475. The van der Waals surface area contributed by atoms with Crippen LogP contribution in [-0.2, 0) is 11.2 Å². The van der Waals surface area contributed by atoms with Crippen LogP contribution in [0, 0.1) is 12.3 Å². The minimum Gasteiger partial charge on any atom is -0.444 e. The van der Waals surface area contributed by atoms with Crippen LogP contribution >= 0.6 is 0 Å². The molecule has 0 aliphatic rings. The number of ether oxygens (including phenoxy) is 1. The summed E-state index contributed by atoms with van der Waals surface area (Å²) in [5, 5.41) is 13.5. The van der Waals surface area contributed by atoms with Crippen LogP contribution in [0.3, 0.4) is 0 Å². The number of rotatable bonds is 9. The summed E-state index contributed by atoms with van der Waals surface area (Å²) in [6.07, 6.45) is 10.6. The van der Waals surface area contributed by atoms with E-state index >= 15 is 0 Å². The van der Waals surface area contributed by atoms with Crippen molar-refractivity contribution in [2.24, 2.45) is 5.73 Å². The van der Waals surface area contributed by atoms with Gasteiger partial charge in [-0.15, -0.1) is 6.42 Å². The second kappa shape index (κ2) is 12.1. The molecule has 0 heterocycles. The van der Waals surface area contributed by atoms with Crippen LogP contribution < -0.4 is 11.1 Å². The summed E-state index contributed by atoms with van der Waals surface area (Å²) in [5.41, 5.74) is 7.69. The Labute approximate surface area is 175 Å². The molecule has 0 unspecified atom stereocenters. The van der Waals surface area contributed by atoms with Crippen molar-refractivity contribution in [2.45, 2.75) is 70.7 Å². The molecule has 3 atom stereocenters. The largest absolute Gasteiger partial charge is 0.444 e. The smallest absolute Gasteiger partial charge is 0.407 e. The maximum absolute atomic E-state index is 12.2. The predicted octanol–water partition coefficient (Wildman–Crippen LogP) is 3.73. The lowest BCUT2D eigenvalue weighted by Crippen LogP contribution is -2.45. The first-order chi connectivity index (χ1) is 13.6. The van der Waals surface area contributed by atoms with E-state index in [1.165, 1.54) is 0 Å². The molecule has 0 aliphatic heterocycles. The van der Waals surface area contributed by atoms with Crippen LogP contribution in [0.5, 0.6) is 0 Å². The van der Waals surface area contributed by atoms with Crippen molar-refractivity contribution in [3.8, 4) is 12.3 Å². The average Bonchev–Trinajstić information content (AvgIpc) is 2.60. The van der Waals surface area contributed by atoms with Crippen LogP contribution in [0.15, 0.2) is 54.1 Å². The van der Waals surface area contributed by atoms with Crippen molar-refractivity contribution < 1.29 is 14.6 Å². The highest BCUT2D eigenvalue weighted by molar-refractivity contribution is 5.68. The van der Waals surface area contributed by atoms with Gasteiger partial charge < -0.3 is 20.9 Å². The highest BCUT2D eigenvalue weighted by atomic mass is 16.6. The van der Waals surface area contributed by atoms with E-state index in [9.17, 15) is 9.90 Å². The van der Waals surface area contributed by atoms with Gasteiger partial charge in [-0.2, -0.15) is 0 Å². The molecule has 0 bridgehead atoms. The van der Waals surface area contributed by atoms with Crippen LogP contribution in [0.4, 0.5) is 4.79 Å². The molecule has 5 nitrogen and oxygen atoms in total. The number of nitrogens with one attached hydrogen (secondary N) is 1. The Balaban J connectivity index is 2.80. The minimum absolute atomic E-state index is 0.317. The highest BCUT2D eigenvalue weighted by Crippen LogP contribution is 2.15. The number of carbonyl (C=O) groups excluding carboxylic acids is 1. The van der Waals surface area contributed by atoms with E-state index in [2.05, 4.69) is 11.2 Å². The minimum atomic E-state index is -0.774. The zero-order chi connectivity index (χ0) is 21.9. The molecule has 4 N–H and O–H groups in total. The van der Waals surface area contributed by atoms with Crippen LogP contribution in [-0.4, -0.2) is 35.0 Å². The molecular formula is C24H34N2O3. The van der Waals surface area contributed by atoms with Crippen LogP contribution in [0.2, 0.25) is 0 Å². The number of benzene rings is 1. The molecule has 5 heteroatoms. The van der Waals surface area contributed by atoms with Gasteiger partial charge >= 0.3 is 6.09 Å². The summed E-state index contributed by atoms with van der Waals surface area (Å²) >= 11 is 0. The Morgan fingerprint density at radius 2 is 2.00 bits per heavy atom. The lowest BCUT2D eigenvalue weighted by Gasteiger charge is -2.27. The zero-order valence-corrected chi connectivity index (χ0v) is 17.9. The number of terminal acetylenes is 1. The molecule has 1 aromatic carbocycles. The normalized spacial score (nSPS) is 15.4. The fourth-order valence-electron chi connectivity index (χ4n) is 2.88. The first kappa shape index (κ1) is 24.5. The third-order valence-corrected chi connectivity index (χ3v) is 4.20. The summed E-state index contributed by atoms with van der Waals surface area (Å²) in [6, 6.07) is 9.03. The zero-order valence-electron chi connectivity index (χ0n) is 17.9. The third-order valence-electron chi connectivity index (χ3n) is 4.20. The molecule has 0 radical (unpaired) electrons. The molecule has 1 amide bonds. The van der Waals surface area contributed by atoms with Gasteiger partial charge in [0.05, 0.1) is 6.10 Å². The Bertz CT molecular complexity index is 727. The van der Waals surface area contributed by atoms with Crippen molar-refractivity contribution in [2.75, 3.05) is 0 Å². The third kappa shape index (κ3) is 11.1. The quantitative estimate of drug-likeness (QED) is 0.437. The SMILES string of the molecule is C#C/C=C\C=C(/C)C[C@@H](C[C@H](O)[C@@H](N)Cc1ccccc1)NC(=O)OC(C)(C)C. The van der Waals surface area contributed by atoms with Gasteiger partial charge in [-0.25, -0.2) is 4.79 Å². The molecule has 29 heavy (non-hydrogen) atoms. The van der Waals surface area contributed by atoms with Crippen molar-refractivity contribution in [3.05, 3.63) is 59.7 Å². The number of hydrogen-bond donors (Lipinski definition) is 3. The topological polar surface area (TPSA) is 84.6 Å². The van der Waals surface area contributed by atoms with Crippen molar-refractivity contribution in [1.29, 1.82) is 0 Å². The van der Waals surface area contributed by atoms with Gasteiger partial charge in [-0.05, 0) is 58.6 Å². The summed E-state index contributed by atoms with van der Waals surface area (Å²) in [5.74, 6) is 2.43. The Morgan fingerprint density at radius 3 is 2.59 bits per heavy atom. The van der Waals surface area contributed by atoms with Crippen molar-refractivity contribution in [3.63, 3.8) is 0 Å². The molecule has 1 aromatic rings. The molecule has 0 aromatic heterocycles. The van der Waals surface area contributed by atoms with E-state index in [0.717, 1.165) is 11.1 Å². The number of aliphatic hydroxyl groups is 1. The fraction of sp³-hybridized carbons (Fsp3) is 0.458. The van der Waals surface area contributed by atoms with Gasteiger partial charge in [-0.3, -0.25) is 0 Å². The number of hydrogen-bond acceptors (Lipinski definition) is 4.